The molecule has 0 aliphatic carbocycles. The summed E-state index contributed by atoms with van der Waals surface area (Å²) in [4.78, 5) is 10.4. The number of para-hydroxylation sites is 1. The predicted octanol–water partition coefficient (Wildman–Crippen LogP) is 1.38. The van der Waals surface area contributed by atoms with Crippen LogP contribution < -0.4 is 11.1 Å². The van der Waals surface area contributed by atoms with Crippen molar-refractivity contribution in [2.24, 2.45) is 0 Å². The lowest BCUT2D eigenvalue weighted by Crippen LogP contribution is -2.34. The molecule has 0 radical (unpaired) electrons. The Morgan fingerprint density at radius 3 is 2.84 bits per heavy atom. The van der Waals surface area contributed by atoms with Crippen molar-refractivity contribution in [1.29, 1.82) is 0 Å². The van der Waals surface area contributed by atoms with Gasteiger partial charge in [0.25, 0.3) is 0 Å². The van der Waals surface area contributed by atoms with Gasteiger partial charge in [0.2, 0.25) is 0 Å². The van der Waals surface area contributed by atoms with Crippen molar-refractivity contribution < 1.29 is 14.8 Å². The van der Waals surface area contributed by atoms with Gasteiger partial charge in [-0.25, -0.2) is 0 Å². The van der Waals surface area contributed by atoms with Gasteiger partial charge < -0.3 is 20.9 Å². The van der Waals surface area contributed by atoms with Crippen molar-refractivity contribution in [3.8, 4) is 0 Å². The lowest BCUT2D eigenvalue weighted by Gasteiger charge is -2.23. The van der Waals surface area contributed by atoms with E-state index in [9.17, 15) is 15.2 Å². The average Bonchev–Trinajstić information content (AvgIpc) is 2.33. The Hall–Kier alpha value is -1.86. The smallest absolute Gasteiger partial charge is 0.314 e. The second kappa shape index (κ2) is 6.35. The monoisotopic (exact) mass is 269 g/mol. The van der Waals surface area contributed by atoms with Gasteiger partial charge in [0.1, 0.15) is 11.4 Å². The van der Waals surface area contributed by atoms with Crippen LogP contribution in [-0.2, 0) is 4.74 Å². The Balaban J connectivity index is 2.78. The Kier molecular flexibility index (Phi) is 5.08. The number of methoxy groups -OCH3 is 1. The fraction of sp³-hybridized carbons (Fsp3) is 0.500. The van der Waals surface area contributed by atoms with E-state index in [1.807, 2.05) is 0 Å². The van der Waals surface area contributed by atoms with Gasteiger partial charge in [-0.1, -0.05) is 6.07 Å². The Morgan fingerprint density at radius 1 is 1.58 bits per heavy atom. The zero-order valence-electron chi connectivity index (χ0n) is 11.0. The molecule has 7 nitrogen and oxygen atoms in total. The normalized spacial score (nSPS) is 13.8. The molecule has 0 amide bonds. The van der Waals surface area contributed by atoms with E-state index < -0.39 is 10.5 Å². The van der Waals surface area contributed by atoms with Crippen molar-refractivity contribution in [2.45, 2.75) is 18.9 Å². The van der Waals surface area contributed by atoms with E-state index in [0.29, 0.717) is 18.7 Å². The van der Waals surface area contributed by atoms with Crippen molar-refractivity contribution in [1.82, 2.24) is 0 Å². The first-order chi connectivity index (χ1) is 8.87. The van der Waals surface area contributed by atoms with Crippen LogP contribution in [0.15, 0.2) is 18.2 Å². The largest absolute Gasteiger partial charge is 0.393 e. The topological polar surface area (TPSA) is 111 Å². The number of hydrogen-bond donors (Lipinski definition) is 3. The summed E-state index contributed by atoms with van der Waals surface area (Å²) in [6.07, 6.45) is 0.423. The molecule has 1 unspecified atom stereocenters. The van der Waals surface area contributed by atoms with Crippen LogP contribution in [0.3, 0.4) is 0 Å². The van der Waals surface area contributed by atoms with Gasteiger partial charge in [0.05, 0.1) is 10.5 Å². The minimum absolute atomic E-state index is 0.0894. The van der Waals surface area contributed by atoms with Crippen LogP contribution in [0.25, 0.3) is 0 Å². The molecule has 0 heterocycles. The zero-order chi connectivity index (χ0) is 14.5. The summed E-state index contributed by atoms with van der Waals surface area (Å²) in [5, 5.41) is 23.9. The number of nitrogens with zero attached hydrogens (tertiary/aromatic N) is 1. The van der Waals surface area contributed by atoms with E-state index in [1.54, 1.807) is 26.2 Å². The Morgan fingerprint density at radius 2 is 2.26 bits per heavy atom. The van der Waals surface area contributed by atoms with Gasteiger partial charge in [0, 0.05) is 26.7 Å². The van der Waals surface area contributed by atoms with E-state index in [1.165, 1.54) is 6.07 Å². The summed E-state index contributed by atoms with van der Waals surface area (Å²) in [6.45, 7) is 2.21. The summed E-state index contributed by atoms with van der Waals surface area (Å²) < 4.78 is 4.89. The SMILES string of the molecule is COCCC(C)(O)CNc1cccc(N)c1[N+](=O)[O-]. The van der Waals surface area contributed by atoms with E-state index >= 15 is 0 Å². The highest BCUT2D eigenvalue weighted by Gasteiger charge is 2.23. The van der Waals surface area contributed by atoms with Gasteiger partial charge in [-0.15, -0.1) is 0 Å². The quantitative estimate of drug-likeness (QED) is 0.392. The van der Waals surface area contributed by atoms with Crippen LogP contribution in [-0.4, -0.2) is 35.9 Å². The van der Waals surface area contributed by atoms with Gasteiger partial charge in [-0.05, 0) is 19.1 Å². The molecule has 0 aliphatic rings. The molecule has 0 spiro atoms. The number of nitro benzene ring substituents is 1. The van der Waals surface area contributed by atoms with Crippen LogP contribution in [0.2, 0.25) is 0 Å². The lowest BCUT2D eigenvalue weighted by atomic mass is 10.0. The molecule has 7 heteroatoms. The van der Waals surface area contributed by atoms with Gasteiger partial charge in [-0.3, -0.25) is 10.1 Å². The summed E-state index contributed by atoms with van der Waals surface area (Å²) >= 11 is 0. The average molecular weight is 269 g/mol. The fourth-order valence-electron chi connectivity index (χ4n) is 1.60. The molecule has 1 aromatic rings. The first kappa shape index (κ1) is 15.2. The van der Waals surface area contributed by atoms with Crippen molar-refractivity contribution in [3.63, 3.8) is 0 Å². The summed E-state index contributed by atoms with van der Waals surface area (Å²) in [5.41, 5.74) is 4.77. The molecule has 1 rings (SSSR count). The molecular formula is C12H19N3O4. The number of anilines is 2. The van der Waals surface area contributed by atoms with E-state index in [2.05, 4.69) is 5.32 Å². The molecule has 0 saturated carbocycles. The maximum absolute atomic E-state index is 10.9. The van der Waals surface area contributed by atoms with Crippen molar-refractivity contribution in [3.05, 3.63) is 28.3 Å². The van der Waals surface area contributed by atoms with Gasteiger partial charge in [-0.2, -0.15) is 0 Å². The van der Waals surface area contributed by atoms with Gasteiger partial charge >= 0.3 is 5.69 Å². The molecule has 0 fully saturated rings. The Labute approximate surface area is 111 Å². The van der Waals surface area contributed by atoms with Crippen LogP contribution >= 0.6 is 0 Å². The first-order valence-corrected chi connectivity index (χ1v) is 5.85. The first-order valence-electron chi connectivity index (χ1n) is 5.85. The van der Waals surface area contributed by atoms with Crippen molar-refractivity contribution >= 4 is 17.1 Å². The molecular weight excluding hydrogens is 250 g/mol. The lowest BCUT2D eigenvalue weighted by molar-refractivity contribution is -0.383. The minimum atomic E-state index is -1.02. The highest BCUT2D eigenvalue weighted by atomic mass is 16.6. The minimum Gasteiger partial charge on any atom is -0.393 e. The highest BCUT2D eigenvalue weighted by Crippen LogP contribution is 2.30. The molecule has 0 aliphatic heterocycles. The predicted molar refractivity (Wildman–Crippen MR) is 73.1 cm³/mol. The van der Waals surface area contributed by atoms with Gasteiger partial charge in [0.15, 0.2) is 0 Å². The number of ether oxygens (including phenoxy) is 1. The third kappa shape index (κ3) is 4.38. The third-order valence-electron chi connectivity index (χ3n) is 2.75. The zero-order valence-corrected chi connectivity index (χ0v) is 11.0. The van der Waals surface area contributed by atoms with E-state index in [-0.39, 0.29) is 17.9 Å². The summed E-state index contributed by atoms with van der Waals surface area (Å²) in [6, 6.07) is 4.64. The number of aliphatic hydroxyl groups is 1. The molecule has 0 bridgehead atoms. The number of hydrogen-bond acceptors (Lipinski definition) is 6. The van der Waals surface area contributed by atoms with Crippen molar-refractivity contribution in [2.75, 3.05) is 31.3 Å². The number of rotatable bonds is 7. The highest BCUT2D eigenvalue weighted by molar-refractivity contribution is 5.74. The molecule has 106 valence electrons. The number of nitrogen functional groups attached to an aromatic ring is 1. The van der Waals surface area contributed by atoms with Crippen LogP contribution in [0.4, 0.5) is 17.1 Å². The standard InChI is InChI=1S/C12H19N3O4/c1-12(16,6-7-19-2)8-14-10-5-3-4-9(13)11(10)15(17)18/h3-5,14,16H,6-8,13H2,1-2H3. The summed E-state index contributed by atoms with van der Waals surface area (Å²) in [5.74, 6) is 0. The molecule has 0 saturated heterocycles. The van der Waals surface area contributed by atoms with E-state index in [4.69, 9.17) is 10.5 Å². The molecule has 4 N–H and O–H groups in total. The fourth-order valence-corrected chi connectivity index (χ4v) is 1.60. The van der Waals surface area contributed by atoms with Crippen LogP contribution in [0.1, 0.15) is 13.3 Å². The van der Waals surface area contributed by atoms with Crippen LogP contribution in [0, 0.1) is 10.1 Å². The number of nitrogens with two attached hydrogens (primary N) is 1. The Bertz CT molecular complexity index is 449. The molecule has 1 atom stereocenters. The number of nitrogens with one attached hydrogen (secondary N) is 1. The molecule has 0 aromatic heterocycles. The maximum Gasteiger partial charge on any atom is 0.314 e. The second-order valence-corrected chi connectivity index (χ2v) is 4.59. The molecule has 1 aromatic carbocycles. The third-order valence-corrected chi connectivity index (χ3v) is 2.75. The maximum atomic E-state index is 10.9. The summed E-state index contributed by atoms with van der Waals surface area (Å²) in [7, 11) is 1.55. The second-order valence-electron chi connectivity index (χ2n) is 4.59. The molecule has 19 heavy (non-hydrogen) atoms. The van der Waals surface area contributed by atoms with Crippen LogP contribution in [0.5, 0.6) is 0 Å². The van der Waals surface area contributed by atoms with E-state index in [0.717, 1.165) is 0 Å². The number of benzene rings is 1. The number of nitro groups is 1.